The Labute approximate surface area is 189 Å². The standard InChI is InChI=1S/C24H32ClN3O3/c1-3-4-15-31-21-20-23(30)27(2)13-14-28(20)19(26-22(21)29)16-24(11-5-6-12-24)17-7-9-18(25)10-8-17/h7-10,22,29H,3-6,11-16H2,1-2H3. The number of hydrogen-bond donors (Lipinski definition) is 1. The number of rotatable bonds is 7. The number of aliphatic imine (C=N–C) groups is 1. The smallest absolute Gasteiger partial charge is 0.274 e. The van der Waals surface area contributed by atoms with Gasteiger partial charge in [-0.3, -0.25) is 4.79 Å². The molecular formula is C24H32ClN3O3. The maximum Gasteiger partial charge on any atom is 0.274 e. The molecule has 0 spiro atoms. The average molecular weight is 446 g/mol. The van der Waals surface area contributed by atoms with Gasteiger partial charge in [0.05, 0.1) is 6.61 Å². The number of nitrogens with zero attached hydrogens (tertiary/aromatic N) is 3. The van der Waals surface area contributed by atoms with Crippen molar-refractivity contribution in [3.05, 3.63) is 46.3 Å². The van der Waals surface area contributed by atoms with Crippen LogP contribution in [0.4, 0.5) is 0 Å². The average Bonchev–Trinajstić information content (AvgIpc) is 3.23. The van der Waals surface area contributed by atoms with E-state index in [-0.39, 0.29) is 11.3 Å². The molecule has 4 rings (SSSR count). The minimum absolute atomic E-state index is 0.0543. The van der Waals surface area contributed by atoms with Crippen LogP contribution in [0.2, 0.25) is 5.02 Å². The second kappa shape index (κ2) is 9.21. The number of unbranched alkanes of at least 4 members (excludes halogenated alkanes) is 1. The van der Waals surface area contributed by atoms with E-state index in [0.717, 1.165) is 49.4 Å². The van der Waals surface area contributed by atoms with Crippen LogP contribution in [-0.4, -0.2) is 59.6 Å². The van der Waals surface area contributed by atoms with Crippen LogP contribution in [0.15, 0.2) is 40.7 Å². The zero-order chi connectivity index (χ0) is 22.0. The van der Waals surface area contributed by atoms with Crippen LogP contribution in [-0.2, 0) is 14.9 Å². The first-order valence-corrected chi connectivity index (χ1v) is 11.7. The van der Waals surface area contributed by atoms with Gasteiger partial charge in [0.25, 0.3) is 5.91 Å². The van der Waals surface area contributed by atoms with E-state index in [4.69, 9.17) is 16.3 Å². The van der Waals surface area contributed by atoms with Crippen molar-refractivity contribution in [2.24, 2.45) is 4.99 Å². The Kier molecular flexibility index (Phi) is 6.58. The summed E-state index contributed by atoms with van der Waals surface area (Å²) in [6.45, 7) is 3.82. The molecule has 3 aliphatic rings. The summed E-state index contributed by atoms with van der Waals surface area (Å²) in [5.41, 5.74) is 1.65. The first kappa shape index (κ1) is 22.2. The normalized spacial score (nSPS) is 23.2. The number of benzene rings is 1. The number of carbonyl (C=O) groups is 1. The number of halogens is 1. The summed E-state index contributed by atoms with van der Waals surface area (Å²) in [4.78, 5) is 21.4. The van der Waals surface area contributed by atoms with Crippen LogP contribution in [0, 0.1) is 0 Å². The van der Waals surface area contributed by atoms with Gasteiger partial charge in [0.15, 0.2) is 11.5 Å². The number of carbonyl (C=O) groups excluding carboxylic acids is 1. The third-order valence-corrected chi connectivity index (χ3v) is 7.05. The number of aliphatic hydroxyl groups is 1. The highest BCUT2D eigenvalue weighted by Gasteiger charge is 2.43. The number of fused-ring (bicyclic) bond motifs is 1. The molecule has 0 radical (unpaired) electrons. The molecule has 6 nitrogen and oxygen atoms in total. The number of amidine groups is 1. The zero-order valence-electron chi connectivity index (χ0n) is 18.4. The second-order valence-electron chi connectivity index (χ2n) is 8.88. The van der Waals surface area contributed by atoms with Crippen molar-refractivity contribution in [2.45, 2.75) is 63.5 Å². The minimum Gasteiger partial charge on any atom is -0.491 e. The van der Waals surface area contributed by atoms with E-state index < -0.39 is 6.23 Å². The summed E-state index contributed by atoms with van der Waals surface area (Å²) >= 11 is 6.14. The molecule has 1 aromatic carbocycles. The molecule has 1 saturated heterocycles. The van der Waals surface area contributed by atoms with E-state index in [2.05, 4.69) is 24.0 Å². The van der Waals surface area contributed by atoms with Crippen LogP contribution in [0.25, 0.3) is 0 Å². The maximum atomic E-state index is 13.1. The van der Waals surface area contributed by atoms with Gasteiger partial charge in [-0.2, -0.15) is 0 Å². The van der Waals surface area contributed by atoms with Gasteiger partial charge >= 0.3 is 0 Å². The molecule has 0 bridgehead atoms. The van der Waals surface area contributed by atoms with E-state index in [1.54, 1.807) is 11.9 Å². The lowest BCUT2D eigenvalue weighted by molar-refractivity contribution is -0.130. The summed E-state index contributed by atoms with van der Waals surface area (Å²) in [6.07, 6.45) is 5.83. The largest absolute Gasteiger partial charge is 0.491 e. The van der Waals surface area contributed by atoms with Crippen LogP contribution >= 0.6 is 11.6 Å². The third kappa shape index (κ3) is 4.33. The summed E-state index contributed by atoms with van der Waals surface area (Å²) in [5.74, 6) is 0.959. The number of amides is 1. The van der Waals surface area contributed by atoms with Gasteiger partial charge in [0, 0.05) is 37.0 Å². The lowest BCUT2D eigenvalue weighted by atomic mass is 9.75. The Hall–Kier alpha value is -2.05. The Morgan fingerprint density at radius 1 is 1.23 bits per heavy atom. The van der Waals surface area contributed by atoms with Crippen molar-refractivity contribution in [2.75, 3.05) is 26.7 Å². The van der Waals surface area contributed by atoms with Gasteiger partial charge in [-0.15, -0.1) is 0 Å². The van der Waals surface area contributed by atoms with E-state index in [1.165, 1.54) is 5.56 Å². The molecule has 1 aliphatic carbocycles. The van der Waals surface area contributed by atoms with Crippen molar-refractivity contribution < 1.29 is 14.6 Å². The Bertz CT molecular complexity index is 875. The summed E-state index contributed by atoms with van der Waals surface area (Å²) in [6, 6.07) is 8.11. The molecule has 2 aliphatic heterocycles. The predicted octanol–water partition coefficient (Wildman–Crippen LogP) is 4.07. The van der Waals surface area contributed by atoms with E-state index in [0.29, 0.717) is 37.6 Å². The molecule has 0 aromatic heterocycles. The highest BCUT2D eigenvalue weighted by Crippen LogP contribution is 2.45. The molecule has 1 saturated carbocycles. The Morgan fingerprint density at radius 2 is 1.94 bits per heavy atom. The fourth-order valence-electron chi connectivity index (χ4n) is 4.98. The lowest BCUT2D eigenvalue weighted by Gasteiger charge is -2.42. The Balaban J connectivity index is 1.66. The number of piperazine rings is 1. The topological polar surface area (TPSA) is 65.4 Å². The Morgan fingerprint density at radius 3 is 2.61 bits per heavy atom. The monoisotopic (exact) mass is 445 g/mol. The molecule has 1 aromatic rings. The fraction of sp³-hybridized carbons (Fsp3) is 0.583. The highest BCUT2D eigenvalue weighted by molar-refractivity contribution is 6.30. The molecule has 168 valence electrons. The van der Waals surface area contributed by atoms with Crippen molar-refractivity contribution in [1.82, 2.24) is 9.80 Å². The number of likely N-dealkylation sites (N-methyl/N-ethyl adjacent to an activating group) is 1. The maximum absolute atomic E-state index is 13.1. The third-order valence-electron chi connectivity index (χ3n) is 6.80. The first-order valence-electron chi connectivity index (χ1n) is 11.4. The second-order valence-corrected chi connectivity index (χ2v) is 9.32. The van der Waals surface area contributed by atoms with Crippen molar-refractivity contribution >= 4 is 23.3 Å². The number of hydrogen-bond acceptors (Lipinski definition) is 5. The summed E-state index contributed by atoms with van der Waals surface area (Å²) in [5, 5.41) is 11.6. The first-order chi connectivity index (χ1) is 14.9. The molecule has 31 heavy (non-hydrogen) atoms. The molecule has 7 heteroatoms. The van der Waals surface area contributed by atoms with Crippen LogP contribution in [0.1, 0.15) is 57.4 Å². The van der Waals surface area contributed by atoms with E-state index in [1.807, 2.05) is 17.0 Å². The highest BCUT2D eigenvalue weighted by atomic mass is 35.5. The van der Waals surface area contributed by atoms with Gasteiger partial charge in [-0.05, 0) is 37.0 Å². The van der Waals surface area contributed by atoms with Crippen molar-refractivity contribution in [3.63, 3.8) is 0 Å². The molecule has 2 heterocycles. The van der Waals surface area contributed by atoms with Crippen molar-refractivity contribution in [1.29, 1.82) is 0 Å². The summed E-state index contributed by atoms with van der Waals surface area (Å²) < 4.78 is 5.88. The summed E-state index contributed by atoms with van der Waals surface area (Å²) in [7, 11) is 1.79. The van der Waals surface area contributed by atoms with Gasteiger partial charge in [0.1, 0.15) is 5.84 Å². The van der Waals surface area contributed by atoms with Crippen LogP contribution in [0.5, 0.6) is 0 Å². The lowest BCUT2D eigenvalue weighted by Crippen LogP contribution is -2.53. The zero-order valence-corrected chi connectivity index (χ0v) is 19.2. The number of aliphatic hydroxyl groups excluding tert-OH is 1. The quantitative estimate of drug-likeness (QED) is 0.642. The van der Waals surface area contributed by atoms with Gasteiger partial charge < -0.3 is 19.6 Å². The molecule has 1 N–H and O–H groups in total. The van der Waals surface area contributed by atoms with E-state index in [9.17, 15) is 9.90 Å². The minimum atomic E-state index is -1.14. The molecular weight excluding hydrogens is 414 g/mol. The molecule has 1 amide bonds. The van der Waals surface area contributed by atoms with Gasteiger partial charge in [-0.1, -0.05) is 49.9 Å². The molecule has 2 fully saturated rings. The SMILES string of the molecule is CCCCOC1=C2C(=O)N(C)CCN2C(CC2(c3ccc(Cl)cc3)CCCC2)=NC1O. The van der Waals surface area contributed by atoms with Crippen LogP contribution in [0.3, 0.4) is 0 Å². The van der Waals surface area contributed by atoms with Gasteiger partial charge in [-0.25, -0.2) is 4.99 Å². The van der Waals surface area contributed by atoms with Gasteiger partial charge in [0.2, 0.25) is 6.23 Å². The predicted molar refractivity (Wildman–Crippen MR) is 122 cm³/mol. The fourth-order valence-corrected chi connectivity index (χ4v) is 5.11. The number of ether oxygens (including phenoxy) is 1. The van der Waals surface area contributed by atoms with E-state index >= 15 is 0 Å². The molecule has 1 atom stereocenters. The molecule has 1 unspecified atom stereocenters. The van der Waals surface area contributed by atoms with Crippen molar-refractivity contribution in [3.8, 4) is 0 Å². The van der Waals surface area contributed by atoms with Crippen LogP contribution < -0.4 is 0 Å².